The van der Waals surface area contributed by atoms with Crippen LogP contribution in [0.4, 0.5) is 11.4 Å². The van der Waals surface area contributed by atoms with Crippen LogP contribution in [0.5, 0.6) is 0 Å². The van der Waals surface area contributed by atoms with Crippen molar-refractivity contribution in [2.45, 2.75) is 20.8 Å². The summed E-state index contributed by atoms with van der Waals surface area (Å²) in [5.41, 5.74) is 0.503. The first-order valence-electron chi connectivity index (χ1n) is 9.19. The number of nitrogens with zero attached hydrogens (tertiary/aromatic N) is 4. The van der Waals surface area contributed by atoms with Gasteiger partial charge in [0.1, 0.15) is 5.69 Å². The highest BCUT2D eigenvalue weighted by Gasteiger charge is 2.15. The van der Waals surface area contributed by atoms with E-state index in [0.717, 1.165) is 0 Å². The van der Waals surface area contributed by atoms with E-state index in [1.165, 1.54) is 6.07 Å². The smallest absolute Gasteiger partial charge is 0.292 e. The molecular weight excluding hydrogens is 348 g/mol. The lowest BCUT2D eigenvalue weighted by Crippen LogP contribution is -2.45. The summed E-state index contributed by atoms with van der Waals surface area (Å²) in [4.78, 5) is 30.9. The minimum Gasteiger partial charge on any atom is -0.378 e. The zero-order chi connectivity index (χ0) is 20.2. The first kappa shape index (κ1) is 22.2. The molecule has 0 aromatic heterocycles. The lowest BCUT2D eigenvalue weighted by Gasteiger charge is -2.25. The zero-order valence-electron chi connectivity index (χ0n) is 16.6. The van der Waals surface area contributed by atoms with Crippen molar-refractivity contribution in [1.82, 2.24) is 15.1 Å². The number of anilines is 1. The topological polar surface area (TPSA) is 103 Å². The number of amides is 1. The van der Waals surface area contributed by atoms with Crippen LogP contribution >= 0.6 is 0 Å². The Bertz CT molecular complexity index is 646. The van der Waals surface area contributed by atoms with Crippen molar-refractivity contribution in [3.8, 4) is 0 Å². The molecule has 0 unspecified atom stereocenters. The number of benzene rings is 1. The van der Waals surface area contributed by atoms with Gasteiger partial charge in [-0.1, -0.05) is 12.1 Å². The third kappa shape index (κ3) is 7.12. The van der Waals surface area contributed by atoms with E-state index in [0.29, 0.717) is 44.4 Å². The van der Waals surface area contributed by atoms with Gasteiger partial charge in [0.2, 0.25) is 5.91 Å². The van der Waals surface area contributed by atoms with Crippen LogP contribution in [0.2, 0.25) is 0 Å². The molecule has 0 saturated carbocycles. The van der Waals surface area contributed by atoms with E-state index in [2.05, 4.69) is 15.6 Å². The van der Waals surface area contributed by atoms with Crippen LogP contribution in [0, 0.1) is 10.1 Å². The molecule has 27 heavy (non-hydrogen) atoms. The van der Waals surface area contributed by atoms with Crippen molar-refractivity contribution in [1.29, 1.82) is 0 Å². The van der Waals surface area contributed by atoms with E-state index < -0.39 is 4.92 Å². The maximum Gasteiger partial charge on any atom is 0.292 e. The van der Waals surface area contributed by atoms with E-state index >= 15 is 0 Å². The average Bonchev–Trinajstić information content (AvgIpc) is 2.65. The molecule has 0 aliphatic rings. The van der Waals surface area contributed by atoms with Crippen LogP contribution in [0.3, 0.4) is 0 Å². The van der Waals surface area contributed by atoms with E-state index in [-0.39, 0.29) is 18.1 Å². The van der Waals surface area contributed by atoms with Crippen molar-refractivity contribution in [2.24, 2.45) is 4.99 Å². The lowest BCUT2D eigenvalue weighted by atomic mass is 10.2. The maximum absolute atomic E-state index is 12.3. The van der Waals surface area contributed by atoms with Gasteiger partial charge in [0, 0.05) is 39.3 Å². The predicted molar refractivity (Wildman–Crippen MR) is 108 cm³/mol. The fraction of sp³-hybridized carbons (Fsp3) is 0.556. The number of para-hydroxylation sites is 2. The van der Waals surface area contributed by atoms with Gasteiger partial charge in [0.05, 0.1) is 18.0 Å². The molecule has 9 nitrogen and oxygen atoms in total. The molecule has 9 heteroatoms. The Balaban J connectivity index is 2.66. The van der Waals surface area contributed by atoms with Crippen LogP contribution in [-0.2, 0) is 4.79 Å². The number of carbonyl (C=O) groups is 1. The molecule has 0 aliphatic heterocycles. The van der Waals surface area contributed by atoms with Gasteiger partial charge in [-0.3, -0.25) is 19.9 Å². The molecule has 0 radical (unpaired) electrons. The second-order valence-corrected chi connectivity index (χ2v) is 5.86. The fourth-order valence-electron chi connectivity index (χ4n) is 2.56. The first-order chi connectivity index (χ1) is 12.9. The monoisotopic (exact) mass is 378 g/mol. The van der Waals surface area contributed by atoms with Crippen LogP contribution in [0.1, 0.15) is 20.8 Å². The first-order valence-corrected chi connectivity index (χ1v) is 9.19. The van der Waals surface area contributed by atoms with E-state index in [1.807, 2.05) is 27.8 Å². The standard InChI is InChI=1S/C18H30N6O3/c1-5-19-18(22(4)14-17(25)23(6-2)7-3)21-13-12-20-15-10-8-9-11-16(15)24(26)27/h8-11,20H,5-7,12-14H2,1-4H3,(H,19,21). The third-order valence-corrected chi connectivity index (χ3v) is 3.97. The number of hydrogen-bond donors (Lipinski definition) is 2. The molecule has 1 aromatic rings. The summed E-state index contributed by atoms with van der Waals surface area (Å²) in [6.45, 7) is 9.00. The minimum absolute atomic E-state index is 0.0373. The second kappa shape index (κ2) is 11.7. The molecule has 150 valence electrons. The molecule has 0 atom stereocenters. The zero-order valence-corrected chi connectivity index (χ0v) is 16.6. The molecule has 0 fully saturated rings. The number of nitro groups is 1. The van der Waals surface area contributed by atoms with Gasteiger partial charge < -0.3 is 20.4 Å². The maximum atomic E-state index is 12.3. The highest BCUT2D eigenvalue weighted by Crippen LogP contribution is 2.22. The summed E-state index contributed by atoms with van der Waals surface area (Å²) in [6, 6.07) is 6.51. The van der Waals surface area contributed by atoms with Crippen LogP contribution in [0.25, 0.3) is 0 Å². The van der Waals surface area contributed by atoms with E-state index in [9.17, 15) is 14.9 Å². The van der Waals surface area contributed by atoms with Gasteiger partial charge in [-0.2, -0.15) is 0 Å². The molecular formula is C18H30N6O3. The summed E-state index contributed by atoms with van der Waals surface area (Å²) in [7, 11) is 1.82. The molecule has 0 aliphatic carbocycles. The van der Waals surface area contributed by atoms with Gasteiger partial charge in [0.15, 0.2) is 5.96 Å². The number of nitro benzene ring substituents is 1. The van der Waals surface area contributed by atoms with Crippen LogP contribution in [-0.4, -0.2) is 72.9 Å². The molecule has 1 aromatic carbocycles. The van der Waals surface area contributed by atoms with Crippen molar-refractivity contribution >= 4 is 23.2 Å². The van der Waals surface area contributed by atoms with Crippen molar-refractivity contribution < 1.29 is 9.72 Å². The second-order valence-electron chi connectivity index (χ2n) is 5.86. The van der Waals surface area contributed by atoms with Crippen molar-refractivity contribution in [3.05, 3.63) is 34.4 Å². The molecule has 0 heterocycles. The molecule has 1 rings (SSSR count). The lowest BCUT2D eigenvalue weighted by molar-refractivity contribution is -0.384. The van der Waals surface area contributed by atoms with Crippen molar-refractivity contribution in [3.63, 3.8) is 0 Å². The number of carbonyl (C=O) groups excluding carboxylic acids is 1. The number of nitrogens with one attached hydrogen (secondary N) is 2. The number of guanidine groups is 1. The summed E-state index contributed by atoms with van der Waals surface area (Å²) in [5.74, 6) is 0.675. The molecule has 2 N–H and O–H groups in total. The van der Waals surface area contributed by atoms with Crippen LogP contribution < -0.4 is 10.6 Å². The van der Waals surface area contributed by atoms with E-state index in [4.69, 9.17) is 0 Å². The van der Waals surface area contributed by atoms with Gasteiger partial charge in [0.25, 0.3) is 5.69 Å². The fourth-order valence-corrected chi connectivity index (χ4v) is 2.56. The number of rotatable bonds is 10. The Labute approximate surface area is 160 Å². The van der Waals surface area contributed by atoms with Gasteiger partial charge in [-0.15, -0.1) is 0 Å². The molecule has 0 bridgehead atoms. The Hall–Kier alpha value is -2.84. The normalized spacial score (nSPS) is 11.0. The predicted octanol–water partition coefficient (Wildman–Crippen LogP) is 1.77. The minimum atomic E-state index is -0.414. The Morgan fingerprint density at radius 2 is 1.89 bits per heavy atom. The Kier molecular flexibility index (Phi) is 9.63. The summed E-state index contributed by atoms with van der Waals surface area (Å²) < 4.78 is 0. The quantitative estimate of drug-likeness (QED) is 0.211. The molecule has 0 saturated heterocycles. The van der Waals surface area contributed by atoms with Gasteiger partial charge >= 0.3 is 0 Å². The summed E-state index contributed by atoms with van der Waals surface area (Å²) in [6.07, 6.45) is 0. The highest BCUT2D eigenvalue weighted by atomic mass is 16.6. The van der Waals surface area contributed by atoms with E-state index in [1.54, 1.807) is 28.0 Å². The Morgan fingerprint density at radius 3 is 2.48 bits per heavy atom. The molecule has 1 amide bonds. The average molecular weight is 378 g/mol. The summed E-state index contributed by atoms with van der Waals surface area (Å²) in [5, 5.41) is 17.2. The van der Waals surface area contributed by atoms with Gasteiger partial charge in [-0.25, -0.2) is 0 Å². The third-order valence-electron chi connectivity index (χ3n) is 3.97. The van der Waals surface area contributed by atoms with Gasteiger partial charge in [-0.05, 0) is 26.8 Å². The number of likely N-dealkylation sites (N-methyl/N-ethyl adjacent to an activating group) is 2. The van der Waals surface area contributed by atoms with Crippen LogP contribution in [0.15, 0.2) is 29.3 Å². The number of hydrogen-bond acceptors (Lipinski definition) is 5. The highest BCUT2D eigenvalue weighted by molar-refractivity contribution is 5.86. The van der Waals surface area contributed by atoms with Crippen molar-refractivity contribution in [2.75, 3.05) is 51.6 Å². The SMILES string of the molecule is CCNC(=NCCNc1ccccc1[N+](=O)[O-])N(C)CC(=O)N(CC)CC. The number of aliphatic imine (C=N–C) groups is 1. The molecule has 0 spiro atoms. The Morgan fingerprint density at radius 1 is 1.22 bits per heavy atom. The summed E-state index contributed by atoms with van der Waals surface area (Å²) >= 11 is 0. The largest absolute Gasteiger partial charge is 0.378 e.